The molecule has 78 valence electrons. The molecule has 0 aliphatic carbocycles. The summed E-state index contributed by atoms with van der Waals surface area (Å²) in [5.74, 6) is -0.00282. The number of nitrogens with one attached hydrogen (secondary N) is 2. The Hall–Kier alpha value is -0.940. The van der Waals surface area contributed by atoms with Crippen molar-refractivity contribution in [3.63, 3.8) is 0 Å². The van der Waals surface area contributed by atoms with Crippen LogP contribution >= 0.6 is 11.3 Å². The molecular weight excluding hydrogens is 198 g/mol. The van der Waals surface area contributed by atoms with Crippen LogP contribution in [-0.2, 0) is 11.3 Å². The third-order valence-corrected chi connectivity index (χ3v) is 2.72. The fraction of sp³-hybridized carbons (Fsp3) is 0.556. The second-order valence-electron chi connectivity index (χ2n) is 3.07. The summed E-state index contributed by atoms with van der Waals surface area (Å²) < 4.78 is 0. The number of nitrogens with zero attached hydrogens (tertiary/aromatic N) is 1. The average molecular weight is 213 g/mol. The third-order valence-electron chi connectivity index (χ3n) is 1.90. The number of aryl methyl sites for hydroxylation is 1. The fourth-order valence-electron chi connectivity index (χ4n) is 1.06. The normalized spacial score (nSPS) is 12.5. The van der Waals surface area contributed by atoms with Crippen molar-refractivity contribution in [1.29, 1.82) is 0 Å². The van der Waals surface area contributed by atoms with Gasteiger partial charge in [-0.1, -0.05) is 0 Å². The standard InChI is InChI=1S/C9H15N3OS/c1-6(9(13)10-3)11-4-8-5-14-7(2)12-8/h5-6,11H,4H2,1-3H3,(H,10,13)/t6-/m1/s1. The summed E-state index contributed by atoms with van der Waals surface area (Å²) in [4.78, 5) is 15.4. The highest BCUT2D eigenvalue weighted by Gasteiger charge is 2.09. The number of hydrogen-bond donors (Lipinski definition) is 2. The molecule has 0 fully saturated rings. The Labute approximate surface area is 87.7 Å². The van der Waals surface area contributed by atoms with E-state index in [0.717, 1.165) is 10.7 Å². The van der Waals surface area contributed by atoms with Crippen molar-refractivity contribution in [2.24, 2.45) is 0 Å². The molecule has 0 aliphatic heterocycles. The predicted molar refractivity (Wildman–Crippen MR) is 57.2 cm³/mol. The first-order valence-electron chi connectivity index (χ1n) is 4.49. The zero-order valence-electron chi connectivity index (χ0n) is 8.63. The Kier molecular flexibility index (Phi) is 4.03. The van der Waals surface area contributed by atoms with Crippen molar-refractivity contribution in [2.75, 3.05) is 7.05 Å². The Bertz CT molecular complexity index is 311. The van der Waals surface area contributed by atoms with Gasteiger partial charge in [-0.05, 0) is 13.8 Å². The molecule has 1 heterocycles. The number of likely N-dealkylation sites (N-methyl/N-ethyl adjacent to an activating group) is 1. The quantitative estimate of drug-likeness (QED) is 0.773. The van der Waals surface area contributed by atoms with Gasteiger partial charge in [-0.3, -0.25) is 4.79 Å². The minimum Gasteiger partial charge on any atom is -0.358 e. The van der Waals surface area contributed by atoms with Gasteiger partial charge >= 0.3 is 0 Å². The fourth-order valence-corrected chi connectivity index (χ4v) is 1.67. The summed E-state index contributed by atoms with van der Waals surface area (Å²) in [6.07, 6.45) is 0. The number of aromatic nitrogens is 1. The molecule has 1 aromatic heterocycles. The van der Waals surface area contributed by atoms with Crippen LogP contribution in [0.1, 0.15) is 17.6 Å². The average Bonchev–Trinajstić information content (AvgIpc) is 2.59. The van der Waals surface area contributed by atoms with Crippen LogP contribution in [0.5, 0.6) is 0 Å². The van der Waals surface area contributed by atoms with E-state index in [0.29, 0.717) is 6.54 Å². The SMILES string of the molecule is CNC(=O)[C@@H](C)NCc1csc(C)n1. The second-order valence-corrected chi connectivity index (χ2v) is 4.14. The van der Waals surface area contributed by atoms with Crippen molar-refractivity contribution in [1.82, 2.24) is 15.6 Å². The van der Waals surface area contributed by atoms with E-state index in [2.05, 4.69) is 15.6 Å². The smallest absolute Gasteiger partial charge is 0.236 e. The molecule has 2 N–H and O–H groups in total. The van der Waals surface area contributed by atoms with Crippen molar-refractivity contribution in [3.8, 4) is 0 Å². The molecule has 1 atom stereocenters. The molecule has 14 heavy (non-hydrogen) atoms. The van der Waals surface area contributed by atoms with Gasteiger partial charge in [0.25, 0.3) is 0 Å². The predicted octanol–water partition coefficient (Wildman–Crippen LogP) is 0.676. The van der Waals surface area contributed by atoms with Crippen LogP contribution in [-0.4, -0.2) is 24.0 Å². The molecule has 0 spiro atoms. The zero-order valence-corrected chi connectivity index (χ0v) is 9.44. The van der Waals surface area contributed by atoms with Crippen molar-refractivity contribution < 1.29 is 4.79 Å². The highest BCUT2D eigenvalue weighted by molar-refractivity contribution is 7.09. The molecule has 0 saturated carbocycles. The van der Waals surface area contributed by atoms with E-state index >= 15 is 0 Å². The summed E-state index contributed by atoms with van der Waals surface area (Å²) in [6.45, 7) is 4.44. The van der Waals surface area contributed by atoms with E-state index in [1.807, 2.05) is 19.2 Å². The monoisotopic (exact) mass is 213 g/mol. The van der Waals surface area contributed by atoms with Gasteiger partial charge in [0.15, 0.2) is 0 Å². The van der Waals surface area contributed by atoms with Gasteiger partial charge in [0.2, 0.25) is 5.91 Å². The molecule has 1 aromatic rings. The Morgan fingerprint density at radius 3 is 2.93 bits per heavy atom. The number of carbonyl (C=O) groups is 1. The van der Waals surface area contributed by atoms with Gasteiger partial charge in [-0.2, -0.15) is 0 Å². The van der Waals surface area contributed by atoms with E-state index in [1.54, 1.807) is 18.4 Å². The molecule has 1 rings (SSSR count). The number of amides is 1. The maximum Gasteiger partial charge on any atom is 0.236 e. The van der Waals surface area contributed by atoms with Crippen LogP contribution in [0, 0.1) is 6.92 Å². The maximum absolute atomic E-state index is 11.1. The van der Waals surface area contributed by atoms with Crippen LogP contribution in [0.2, 0.25) is 0 Å². The minimum absolute atomic E-state index is 0.00282. The highest BCUT2D eigenvalue weighted by Crippen LogP contribution is 2.07. The lowest BCUT2D eigenvalue weighted by Crippen LogP contribution is -2.40. The minimum atomic E-state index is -0.179. The van der Waals surface area contributed by atoms with Crippen molar-refractivity contribution in [2.45, 2.75) is 26.4 Å². The van der Waals surface area contributed by atoms with Crippen LogP contribution < -0.4 is 10.6 Å². The van der Waals surface area contributed by atoms with E-state index in [-0.39, 0.29) is 11.9 Å². The van der Waals surface area contributed by atoms with E-state index in [9.17, 15) is 4.79 Å². The molecule has 0 bridgehead atoms. The number of rotatable bonds is 4. The lowest BCUT2D eigenvalue weighted by atomic mass is 10.3. The molecule has 4 nitrogen and oxygen atoms in total. The molecule has 0 aromatic carbocycles. The zero-order chi connectivity index (χ0) is 10.6. The molecule has 0 aliphatic rings. The summed E-state index contributed by atoms with van der Waals surface area (Å²) in [5, 5.41) is 8.73. The second kappa shape index (κ2) is 5.07. The van der Waals surface area contributed by atoms with Crippen LogP contribution in [0.3, 0.4) is 0 Å². The van der Waals surface area contributed by atoms with Gasteiger partial charge in [0.05, 0.1) is 16.7 Å². The topological polar surface area (TPSA) is 54.0 Å². The third kappa shape index (κ3) is 3.08. The number of carbonyl (C=O) groups excluding carboxylic acids is 1. The first-order chi connectivity index (χ1) is 6.63. The van der Waals surface area contributed by atoms with Crippen LogP contribution in [0.15, 0.2) is 5.38 Å². The Morgan fingerprint density at radius 2 is 2.43 bits per heavy atom. The lowest BCUT2D eigenvalue weighted by molar-refractivity contribution is -0.122. The van der Waals surface area contributed by atoms with E-state index in [1.165, 1.54) is 0 Å². The van der Waals surface area contributed by atoms with Crippen LogP contribution in [0.4, 0.5) is 0 Å². The van der Waals surface area contributed by atoms with E-state index in [4.69, 9.17) is 0 Å². The molecule has 5 heteroatoms. The summed E-state index contributed by atoms with van der Waals surface area (Å²) in [7, 11) is 1.63. The Morgan fingerprint density at radius 1 is 1.71 bits per heavy atom. The summed E-state index contributed by atoms with van der Waals surface area (Å²) in [5.41, 5.74) is 0.989. The first kappa shape index (κ1) is 11.1. The van der Waals surface area contributed by atoms with Gasteiger partial charge in [-0.25, -0.2) is 4.98 Å². The maximum atomic E-state index is 11.1. The summed E-state index contributed by atoms with van der Waals surface area (Å²) in [6, 6.07) is -0.179. The first-order valence-corrected chi connectivity index (χ1v) is 5.37. The van der Waals surface area contributed by atoms with Crippen molar-refractivity contribution in [3.05, 3.63) is 16.1 Å². The number of thiazole rings is 1. The summed E-state index contributed by atoms with van der Waals surface area (Å²) >= 11 is 1.62. The van der Waals surface area contributed by atoms with Crippen molar-refractivity contribution >= 4 is 17.2 Å². The van der Waals surface area contributed by atoms with E-state index < -0.39 is 0 Å². The van der Waals surface area contributed by atoms with Gasteiger partial charge in [-0.15, -0.1) is 11.3 Å². The molecule has 0 saturated heterocycles. The largest absolute Gasteiger partial charge is 0.358 e. The van der Waals surface area contributed by atoms with Gasteiger partial charge in [0.1, 0.15) is 0 Å². The van der Waals surface area contributed by atoms with Gasteiger partial charge in [0, 0.05) is 19.0 Å². The lowest BCUT2D eigenvalue weighted by Gasteiger charge is -2.10. The Balaban J connectivity index is 2.37. The van der Waals surface area contributed by atoms with Gasteiger partial charge < -0.3 is 10.6 Å². The molecule has 0 radical (unpaired) electrons. The molecular formula is C9H15N3OS. The highest BCUT2D eigenvalue weighted by atomic mass is 32.1. The molecule has 0 unspecified atom stereocenters. The number of hydrogen-bond acceptors (Lipinski definition) is 4. The molecule has 1 amide bonds. The van der Waals surface area contributed by atoms with Crippen LogP contribution in [0.25, 0.3) is 0 Å².